The zero-order valence-electron chi connectivity index (χ0n) is 15.5. The first-order valence-electron chi connectivity index (χ1n) is 8.94. The fourth-order valence-corrected chi connectivity index (χ4v) is 3.17. The first-order chi connectivity index (χ1) is 12.3. The number of amides is 2. The molecule has 3 rings (SSSR count). The third-order valence-corrected chi connectivity index (χ3v) is 4.64. The van der Waals surface area contributed by atoms with E-state index in [1.54, 1.807) is 6.20 Å². The number of carbonyl (C=O) groups excluding carboxylic acids is 2. The minimum absolute atomic E-state index is 0.00239. The molecule has 0 bridgehead atoms. The molecule has 1 aromatic heterocycles. The molecule has 0 radical (unpaired) electrons. The van der Waals surface area contributed by atoms with Crippen LogP contribution in [-0.2, 0) is 9.59 Å². The molecule has 0 unspecified atom stereocenters. The van der Waals surface area contributed by atoms with Gasteiger partial charge in [0.05, 0.1) is 6.20 Å². The Morgan fingerprint density at radius 3 is 2.58 bits per heavy atom. The summed E-state index contributed by atoms with van der Waals surface area (Å²) in [6.07, 6.45) is 4.40. The molecule has 1 saturated heterocycles. The molecule has 2 heterocycles. The summed E-state index contributed by atoms with van der Waals surface area (Å²) in [5.74, 6) is 0.738. The maximum Gasteiger partial charge on any atom is 0.227 e. The van der Waals surface area contributed by atoms with Gasteiger partial charge in [-0.2, -0.15) is 0 Å². The van der Waals surface area contributed by atoms with Gasteiger partial charge in [-0.05, 0) is 25.0 Å². The monoisotopic (exact) mass is 355 g/mol. The Hall–Kier alpha value is -2.63. The first kappa shape index (κ1) is 18.2. The molecule has 1 aliphatic heterocycles. The Labute approximate surface area is 153 Å². The summed E-state index contributed by atoms with van der Waals surface area (Å²) in [7, 11) is 0. The van der Waals surface area contributed by atoms with Crippen LogP contribution in [0, 0.1) is 11.3 Å². The molecular formula is C20H25N3O3. The van der Waals surface area contributed by atoms with Crippen LogP contribution in [0.15, 0.2) is 41.3 Å². The highest BCUT2D eigenvalue weighted by Gasteiger charge is 2.32. The van der Waals surface area contributed by atoms with Crippen molar-refractivity contribution in [1.29, 1.82) is 0 Å². The maximum atomic E-state index is 12.6. The number of nitrogens with one attached hydrogen (secondary N) is 1. The van der Waals surface area contributed by atoms with Crippen molar-refractivity contribution >= 4 is 17.5 Å². The van der Waals surface area contributed by atoms with Crippen LogP contribution < -0.4 is 5.32 Å². The van der Waals surface area contributed by atoms with Crippen molar-refractivity contribution in [2.75, 3.05) is 18.4 Å². The van der Waals surface area contributed by atoms with Crippen molar-refractivity contribution in [3.05, 3.63) is 36.9 Å². The number of oxazole rings is 1. The van der Waals surface area contributed by atoms with E-state index in [4.69, 9.17) is 4.42 Å². The van der Waals surface area contributed by atoms with E-state index in [2.05, 4.69) is 10.3 Å². The van der Waals surface area contributed by atoms with Gasteiger partial charge in [0.15, 0.2) is 12.2 Å². The van der Waals surface area contributed by atoms with Crippen LogP contribution in [0.4, 0.5) is 5.69 Å². The number of hydrogen-bond acceptors (Lipinski definition) is 4. The van der Waals surface area contributed by atoms with E-state index in [1.165, 1.54) is 6.39 Å². The summed E-state index contributed by atoms with van der Waals surface area (Å²) >= 11 is 0. The van der Waals surface area contributed by atoms with Gasteiger partial charge in [0.1, 0.15) is 0 Å². The zero-order chi connectivity index (χ0) is 18.7. The molecule has 6 nitrogen and oxygen atoms in total. The van der Waals surface area contributed by atoms with E-state index in [9.17, 15) is 9.59 Å². The molecule has 26 heavy (non-hydrogen) atoms. The number of nitrogens with zero attached hydrogens (tertiary/aromatic N) is 2. The van der Waals surface area contributed by atoms with Crippen LogP contribution in [0.2, 0.25) is 0 Å². The van der Waals surface area contributed by atoms with Crippen LogP contribution in [0.5, 0.6) is 0 Å². The first-order valence-corrected chi connectivity index (χ1v) is 8.94. The van der Waals surface area contributed by atoms with Crippen molar-refractivity contribution in [2.45, 2.75) is 33.6 Å². The molecule has 1 N–H and O–H groups in total. The number of benzene rings is 1. The Balaban J connectivity index is 1.58. The van der Waals surface area contributed by atoms with Crippen molar-refractivity contribution in [3.8, 4) is 11.3 Å². The summed E-state index contributed by atoms with van der Waals surface area (Å²) in [5, 5.41) is 2.98. The number of likely N-dealkylation sites (tertiary alicyclic amines) is 1. The highest BCUT2D eigenvalue weighted by molar-refractivity contribution is 5.93. The normalized spacial score (nSPS) is 15.7. The third-order valence-electron chi connectivity index (χ3n) is 4.64. The molecule has 138 valence electrons. The van der Waals surface area contributed by atoms with Crippen LogP contribution in [0.1, 0.15) is 33.6 Å². The van der Waals surface area contributed by atoms with Gasteiger partial charge in [-0.1, -0.05) is 32.9 Å². The van der Waals surface area contributed by atoms with E-state index in [-0.39, 0.29) is 23.1 Å². The minimum Gasteiger partial charge on any atom is -0.444 e. The summed E-state index contributed by atoms with van der Waals surface area (Å²) in [5.41, 5.74) is 1.22. The summed E-state index contributed by atoms with van der Waals surface area (Å²) in [6, 6.07) is 7.51. The zero-order valence-corrected chi connectivity index (χ0v) is 15.5. The van der Waals surface area contributed by atoms with E-state index < -0.39 is 0 Å². The SMILES string of the molecule is CC(C)(C)C(=O)N1CCC(C(=O)Nc2cccc(-c3cnco3)c2)CC1. The van der Waals surface area contributed by atoms with E-state index in [0.29, 0.717) is 31.7 Å². The maximum absolute atomic E-state index is 12.6. The van der Waals surface area contributed by atoms with Gasteiger partial charge in [-0.15, -0.1) is 0 Å². The van der Waals surface area contributed by atoms with Gasteiger partial charge in [0.2, 0.25) is 11.8 Å². The van der Waals surface area contributed by atoms with Gasteiger partial charge >= 0.3 is 0 Å². The Bertz CT molecular complexity index is 770. The minimum atomic E-state index is -0.379. The van der Waals surface area contributed by atoms with Crippen molar-refractivity contribution < 1.29 is 14.0 Å². The standard InChI is InChI=1S/C20H25N3O3/c1-20(2,3)19(25)23-9-7-14(8-10-23)18(24)22-16-6-4-5-15(11-16)17-12-21-13-26-17/h4-6,11-14H,7-10H2,1-3H3,(H,22,24). The Morgan fingerprint density at radius 2 is 1.96 bits per heavy atom. The lowest BCUT2D eigenvalue weighted by Gasteiger charge is -2.35. The second kappa shape index (κ2) is 7.32. The van der Waals surface area contributed by atoms with Gasteiger partial charge < -0.3 is 14.6 Å². The lowest BCUT2D eigenvalue weighted by molar-refractivity contribution is -0.142. The van der Waals surface area contributed by atoms with Crippen molar-refractivity contribution in [2.24, 2.45) is 11.3 Å². The summed E-state index contributed by atoms with van der Waals surface area (Å²) < 4.78 is 5.30. The molecular weight excluding hydrogens is 330 g/mol. The molecule has 1 fully saturated rings. The second-order valence-electron chi connectivity index (χ2n) is 7.75. The smallest absolute Gasteiger partial charge is 0.227 e. The molecule has 2 aromatic rings. The van der Waals surface area contributed by atoms with Crippen LogP contribution in [0.3, 0.4) is 0 Å². The number of anilines is 1. The lowest BCUT2D eigenvalue weighted by atomic mass is 9.90. The van der Waals surface area contributed by atoms with E-state index in [1.807, 2.05) is 49.9 Å². The number of aromatic nitrogens is 1. The van der Waals surface area contributed by atoms with Gasteiger partial charge in [-0.3, -0.25) is 9.59 Å². The fourth-order valence-electron chi connectivity index (χ4n) is 3.17. The summed E-state index contributed by atoms with van der Waals surface area (Å²) in [6.45, 7) is 7.04. The highest BCUT2D eigenvalue weighted by Crippen LogP contribution is 2.26. The fraction of sp³-hybridized carbons (Fsp3) is 0.450. The summed E-state index contributed by atoms with van der Waals surface area (Å²) in [4.78, 5) is 30.7. The van der Waals surface area contributed by atoms with Crippen molar-refractivity contribution in [1.82, 2.24) is 9.88 Å². The lowest BCUT2D eigenvalue weighted by Crippen LogP contribution is -2.45. The van der Waals surface area contributed by atoms with E-state index >= 15 is 0 Å². The average Bonchev–Trinajstić information content (AvgIpc) is 3.15. The molecule has 0 saturated carbocycles. The van der Waals surface area contributed by atoms with Crippen molar-refractivity contribution in [3.63, 3.8) is 0 Å². The number of hydrogen-bond donors (Lipinski definition) is 1. The van der Waals surface area contributed by atoms with Gasteiger partial charge in [0, 0.05) is 35.7 Å². The third kappa shape index (κ3) is 4.12. The Kier molecular flexibility index (Phi) is 5.11. The molecule has 1 aliphatic rings. The highest BCUT2D eigenvalue weighted by atomic mass is 16.3. The van der Waals surface area contributed by atoms with Crippen LogP contribution in [0.25, 0.3) is 11.3 Å². The van der Waals surface area contributed by atoms with Crippen LogP contribution >= 0.6 is 0 Å². The predicted molar refractivity (Wildman–Crippen MR) is 99.3 cm³/mol. The molecule has 0 aliphatic carbocycles. The predicted octanol–water partition coefficient (Wildman–Crippen LogP) is 3.56. The molecule has 2 amide bonds. The van der Waals surface area contributed by atoms with Gasteiger partial charge in [0.25, 0.3) is 0 Å². The molecule has 1 aromatic carbocycles. The van der Waals surface area contributed by atoms with Gasteiger partial charge in [-0.25, -0.2) is 4.98 Å². The molecule has 0 atom stereocenters. The number of carbonyl (C=O) groups is 2. The topological polar surface area (TPSA) is 75.4 Å². The molecule has 6 heteroatoms. The molecule has 0 spiro atoms. The second-order valence-corrected chi connectivity index (χ2v) is 7.75. The van der Waals surface area contributed by atoms with E-state index in [0.717, 1.165) is 11.3 Å². The number of rotatable bonds is 3. The largest absolute Gasteiger partial charge is 0.444 e. The quantitative estimate of drug-likeness (QED) is 0.913. The van der Waals surface area contributed by atoms with Crippen LogP contribution in [-0.4, -0.2) is 34.8 Å². The number of piperidine rings is 1. The average molecular weight is 355 g/mol. The Morgan fingerprint density at radius 1 is 1.23 bits per heavy atom.